The van der Waals surface area contributed by atoms with Crippen molar-refractivity contribution in [2.45, 2.75) is 11.0 Å². The predicted octanol–water partition coefficient (Wildman–Crippen LogP) is 3.95. The molecule has 0 fully saturated rings. The van der Waals surface area contributed by atoms with Gasteiger partial charge in [-0.1, -0.05) is 23.9 Å². The lowest BCUT2D eigenvalue weighted by Crippen LogP contribution is -1.90. The monoisotopic (exact) mass is 373 g/mol. The van der Waals surface area contributed by atoms with E-state index in [-0.39, 0.29) is 5.69 Å². The van der Waals surface area contributed by atoms with Crippen LogP contribution >= 0.6 is 11.8 Å². The number of hydrogen-bond acceptors (Lipinski definition) is 8. The standard InChI is InChI=1S/C17H15N3O5S/c1-23-13-7-8-14(15(9-13)24-2)16-18-19-17(25-16)26-10-11-3-5-12(6-4-11)20(21)22/h3-9H,10H2,1-2H3. The van der Waals surface area contributed by atoms with Gasteiger partial charge in [0.15, 0.2) is 0 Å². The molecule has 0 radical (unpaired) electrons. The number of ether oxygens (including phenoxy) is 2. The van der Waals surface area contributed by atoms with Gasteiger partial charge in [-0.05, 0) is 17.7 Å². The second-order valence-corrected chi connectivity index (χ2v) is 6.08. The van der Waals surface area contributed by atoms with E-state index in [1.807, 2.05) is 0 Å². The number of nitro groups is 1. The van der Waals surface area contributed by atoms with Gasteiger partial charge in [-0.15, -0.1) is 10.2 Å². The summed E-state index contributed by atoms with van der Waals surface area (Å²) in [6.45, 7) is 0. The zero-order valence-electron chi connectivity index (χ0n) is 14.0. The lowest BCUT2D eigenvalue weighted by atomic mass is 10.2. The first-order chi connectivity index (χ1) is 12.6. The summed E-state index contributed by atoms with van der Waals surface area (Å²) in [4.78, 5) is 10.2. The van der Waals surface area contributed by atoms with E-state index in [0.717, 1.165) is 5.56 Å². The zero-order valence-corrected chi connectivity index (χ0v) is 14.9. The molecule has 0 saturated heterocycles. The van der Waals surface area contributed by atoms with Crippen molar-refractivity contribution >= 4 is 17.4 Å². The third-order valence-electron chi connectivity index (χ3n) is 3.56. The van der Waals surface area contributed by atoms with E-state index in [1.54, 1.807) is 44.6 Å². The third kappa shape index (κ3) is 3.94. The molecule has 2 aromatic carbocycles. The molecule has 0 aliphatic rings. The lowest BCUT2D eigenvalue weighted by Gasteiger charge is -2.07. The molecule has 0 N–H and O–H groups in total. The Kier molecular flexibility index (Phi) is 5.37. The molecule has 9 heteroatoms. The Morgan fingerprint density at radius 2 is 1.88 bits per heavy atom. The molecule has 134 valence electrons. The summed E-state index contributed by atoms with van der Waals surface area (Å²) in [7, 11) is 3.13. The quantitative estimate of drug-likeness (QED) is 0.348. The summed E-state index contributed by atoms with van der Waals surface area (Å²) in [6.07, 6.45) is 0. The lowest BCUT2D eigenvalue weighted by molar-refractivity contribution is -0.384. The molecule has 3 aromatic rings. The van der Waals surface area contributed by atoms with Crippen LogP contribution in [0.5, 0.6) is 11.5 Å². The predicted molar refractivity (Wildman–Crippen MR) is 95.5 cm³/mol. The Labute approximate surface area is 153 Å². The van der Waals surface area contributed by atoms with Crippen LogP contribution in [0.1, 0.15) is 5.56 Å². The van der Waals surface area contributed by atoms with E-state index in [1.165, 1.54) is 23.9 Å². The summed E-state index contributed by atoms with van der Waals surface area (Å²) in [5.41, 5.74) is 1.65. The summed E-state index contributed by atoms with van der Waals surface area (Å²) in [5.74, 6) is 2.13. The third-order valence-corrected chi connectivity index (χ3v) is 4.44. The highest BCUT2D eigenvalue weighted by atomic mass is 32.2. The van der Waals surface area contributed by atoms with Crippen LogP contribution in [-0.4, -0.2) is 29.3 Å². The first kappa shape index (κ1) is 17.7. The number of nitrogens with zero attached hydrogens (tertiary/aromatic N) is 3. The number of benzene rings is 2. The van der Waals surface area contributed by atoms with Gasteiger partial charge >= 0.3 is 0 Å². The molecule has 0 bridgehead atoms. The second kappa shape index (κ2) is 7.87. The van der Waals surface area contributed by atoms with Crippen LogP contribution in [-0.2, 0) is 5.75 Å². The van der Waals surface area contributed by atoms with E-state index >= 15 is 0 Å². The SMILES string of the molecule is COc1ccc(-c2nnc(SCc3ccc([N+](=O)[O-])cc3)o2)c(OC)c1. The Hall–Kier alpha value is -3.07. The largest absolute Gasteiger partial charge is 0.497 e. The molecule has 0 atom stereocenters. The average Bonchev–Trinajstić information content (AvgIpc) is 3.15. The first-order valence-electron chi connectivity index (χ1n) is 7.52. The normalized spacial score (nSPS) is 10.5. The smallest absolute Gasteiger partial charge is 0.277 e. The molecular formula is C17H15N3O5S. The minimum atomic E-state index is -0.427. The van der Waals surface area contributed by atoms with E-state index < -0.39 is 4.92 Å². The van der Waals surface area contributed by atoms with Crippen LogP contribution in [0.3, 0.4) is 0 Å². The number of thioether (sulfide) groups is 1. The van der Waals surface area contributed by atoms with Crippen molar-refractivity contribution in [3.63, 3.8) is 0 Å². The van der Waals surface area contributed by atoms with Crippen molar-refractivity contribution < 1.29 is 18.8 Å². The maximum Gasteiger partial charge on any atom is 0.277 e. The minimum Gasteiger partial charge on any atom is -0.497 e. The Morgan fingerprint density at radius 3 is 2.54 bits per heavy atom. The van der Waals surface area contributed by atoms with Crippen LogP contribution in [0.25, 0.3) is 11.5 Å². The highest BCUT2D eigenvalue weighted by Crippen LogP contribution is 2.34. The number of non-ortho nitro benzene ring substituents is 1. The summed E-state index contributed by atoms with van der Waals surface area (Å²) >= 11 is 1.35. The molecule has 0 aliphatic carbocycles. The number of rotatable bonds is 7. The van der Waals surface area contributed by atoms with Gasteiger partial charge in [0.05, 0.1) is 24.7 Å². The Morgan fingerprint density at radius 1 is 1.12 bits per heavy atom. The highest BCUT2D eigenvalue weighted by molar-refractivity contribution is 7.98. The van der Waals surface area contributed by atoms with E-state index in [0.29, 0.717) is 33.9 Å². The molecule has 1 aromatic heterocycles. The van der Waals surface area contributed by atoms with E-state index in [4.69, 9.17) is 13.9 Å². The Balaban J connectivity index is 1.71. The molecule has 26 heavy (non-hydrogen) atoms. The van der Waals surface area contributed by atoms with E-state index in [9.17, 15) is 10.1 Å². The van der Waals surface area contributed by atoms with Crippen molar-refractivity contribution in [2.24, 2.45) is 0 Å². The number of hydrogen-bond donors (Lipinski definition) is 0. The van der Waals surface area contributed by atoms with Crippen LogP contribution in [0, 0.1) is 10.1 Å². The Bertz CT molecular complexity index is 911. The molecule has 8 nitrogen and oxygen atoms in total. The minimum absolute atomic E-state index is 0.0606. The fourth-order valence-corrected chi connectivity index (χ4v) is 2.93. The van der Waals surface area contributed by atoms with Crippen molar-refractivity contribution in [1.29, 1.82) is 0 Å². The van der Waals surface area contributed by atoms with Crippen LogP contribution in [0.4, 0.5) is 5.69 Å². The van der Waals surface area contributed by atoms with E-state index in [2.05, 4.69) is 10.2 Å². The van der Waals surface area contributed by atoms with Gasteiger partial charge in [0.2, 0.25) is 0 Å². The first-order valence-corrected chi connectivity index (χ1v) is 8.51. The maximum absolute atomic E-state index is 10.7. The number of nitro benzene ring substituents is 1. The fourth-order valence-electron chi connectivity index (χ4n) is 2.21. The molecular weight excluding hydrogens is 358 g/mol. The van der Waals surface area contributed by atoms with Crippen molar-refractivity contribution in [3.05, 3.63) is 58.1 Å². The van der Waals surface area contributed by atoms with Gasteiger partial charge in [0.25, 0.3) is 16.8 Å². The topological polar surface area (TPSA) is 101 Å². The van der Waals surface area contributed by atoms with Gasteiger partial charge < -0.3 is 13.9 Å². The fraction of sp³-hybridized carbons (Fsp3) is 0.176. The van der Waals surface area contributed by atoms with Gasteiger partial charge in [-0.25, -0.2) is 0 Å². The van der Waals surface area contributed by atoms with Crippen LogP contribution in [0.15, 0.2) is 52.1 Å². The molecule has 0 unspecified atom stereocenters. The summed E-state index contributed by atoms with van der Waals surface area (Å²) in [6, 6.07) is 11.7. The van der Waals surface area contributed by atoms with Gasteiger partial charge in [0.1, 0.15) is 11.5 Å². The molecule has 3 rings (SSSR count). The number of aromatic nitrogens is 2. The summed E-state index contributed by atoms with van der Waals surface area (Å²) < 4.78 is 16.2. The van der Waals surface area contributed by atoms with Crippen molar-refractivity contribution in [3.8, 4) is 23.0 Å². The number of methoxy groups -OCH3 is 2. The molecule has 0 spiro atoms. The van der Waals surface area contributed by atoms with Gasteiger partial charge in [0, 0.05) is 24.0 Å². The zero-order chi connectivity index (χ0) is 18.5. The molecule has 0 aliphatic heterocycles. The van der Waals surface area contributed by atoms with Crippen LogP contribution in [0.2, 0.25) is 0 Å². The second-order valence-electron chi connectivity index (χ2n) is 5.15. The maximum atomic E-state index is 10.7. The van der Waals surface area contributed by atoms with Crippen molar-refractivity contribution in [1.82, 2.24) is 10.2 Å². The van der Waals surface area contributed by atoms with Gasteiger partial charge in [-0.2, -0.15) is 0 Å². The van der Waals surface area contributed by atoms with Gasteiger partial charge in [-0.3, -0.25) is 10.1 Å². The molecule has 1 heterocycles. The highest BCUT2D eigenvalue weighted by Gasteiger charge is 2.15. The average molecular weight is 373 g/mol. The van der Waals surface area contributed by atoms with Crippen LogP contribution < -0.4 is 9.47 Å². The molecule has 0 amide bonds. The molecule has 0 saturated carbocycles. The summed E-state index contributed by atoms with van der Waals surface area (Å²) in [5, 5.41) is 19.1. The van der Waals surface area contributed by atoms with Crippen molar-refractivity contribution in [2.75, 3.05) is 14.2 Å².